The molecule has 0 bridgehead atoms. The molecule has 1 N–H and O–H groups in total. The van der Waals surface area contributed by atoms with E-state index in [0.29, 0.717) is 22.2 Å². The zero-order valence-electron chi connectivity index (χ0n) is 18.0. The van der Waals surface area contributed by atoms with Gasteiger partial charge in [-0.05, 0) is 49.1 Å². The maximum Gasteiger partial charge on any atom is 0.253 e. The van der Waals surface area contributed by atoms with Gasteiger partial charge < -0.3 is 10.2 Å². The largest absolute Gasteiger partial charge is 0.366 e. The van der Waals surface area contributed by atoms with Gasteiger partial charge in [-0.3, -0.25) is 4.79 Å². The number of likely N-dealkylation sites (tertiary alicyclic amines) is 1. The van der Waals surface area contributed by atoms with Crippen LogP contribution in [0.3, 0.4) is 0 Å². The first-order chi connectivity index (χ1) is 16.1. The van der Waals surface area contributed by atoms with Crippen LogP contribution in [0, 0.1) is 0 Å². The number of rotatable bonds is 5. The third-order valence-corrected chi connectivity index (χ3v) is 6.49. The van der Waals surface area contributed by atoms with Crippen molar-refractivity contribution in [1.82, 2.24) is 19.5 Å². The molecule has 1 amide bonds. The molecule has 4 aromatic rings. The monoisotopic (exact) mass is 479 g/mol. The van der Waals surface area contributed by atoms with Crippen LogP contribution < -0.4 is 5.32 Å². The van der Waals surface area contributed by atoms with Gasteiger partial charge >= 0.3 is 0 Å². The average Bonchev–Trinajstić information content (AvgIpc) is 3.32. The summed E-state index contributed by atoms with van der Waals surface area (Å²) >= 11 is 12.3. The zero-order valence-corrected chi connectivity index (χ0v) is 19.5. The molecular weight excluding hydrogens is 457 g/mol. The second-order valence-corrected chi connectivity index (χ2v) is 8.99. The van der Waals surface area contributed by atoms with Gasteiger partial charge in [0.2, 0.25) is 0 Å². The van der Waals surface area contributed by atoms with Crippen LogP contribution in [0.5, 0.6) is 0 Å². The minimum absolute atomic E-state index is 0.0997. The molecule has 1 fully saturated rings. The van der Waals surface area contributed by atoms with E-state index in [1.165, 1.54) is 6.42 Å². The third-order valence-electron chi connectivity index (χ3n) is 5.91. The molecule has 0 saturated carbocycles. The van der Waals surface area contributed by atoms with Gasteiger partial charge in [0.1, 0.15) is 5.82 Å². The lowest BCUT2D eigenvalue weighted by Gasteiger charge is -2.26. The van der Waals surface area contributed by atoms with Crippen LogP contribution in [0.15, 0.2) is 60.8 Å². The Kier molecular flexibility index (Phi) is 6.20. The summed E-state index contributed by atoms with van der Waals surface area (Å²) in [5.74, 6) is 0.891. The van der Waals surface area contributed by atoms with Crippen LogP contribution in [0.25, 0.3) is 16.9 Å². The Bertz CT molecular complexity index is 1300. The van der Waals surface area contributed by atoms with Crippen molar-refractivity contribution >= 4 is 40.6 Å². The van der Waals surface area contributed by atoms with E-state index in [1.807, 2.05) is 53.4 Å². The molecule has 2 aromatic heterocycles. The smallest absolute Gasteiger partial charge is 0.253 e. The van der Waals surface area contributed by atoms with Crippen LogP contribution in [-0.2, 0) is 6.54 Å². The first-order valence-electron chi connectivity index (χ1n) is 11.0. The van der Waals surface area contributed by atoms with Crippen LogP contribution in [0.1, 0.15) is 35.2 Å². The van der Waals surface area contributed by atoms with Gasteiger partial charge in [0, 0.05) is 52.9 Å². The van der Waals surface area contributed by atoms with Gasteiger partial charge in [-0.1, -0.05) is 41.4 Å². The van der Waals surface area contributed by atoms with Crippen molar-refractivity contribution in [2.24, 2.45) is 0 Å². The lowest BCUT2D eigenvalue weighted by atomic mass is 10.1. The Morgan fingerprint density at radius 2 is 1.76 bits per heavy atom. The molecule has 0 spiro atoms. The zero-order chi connectivity index (χ0) is 22.8. The number of hydrogen-bond donors (Lipinski definition) is 1. The number of aromatic nitrogens is 3. The topological polar surface area (TPSA) is 62.5 Å². The Morgan fingerprint density at radius 3 is 2.52 bits per heavy atom. The molecule has 5 rings (SSSR count). The second kappa shape index (κ2) is 9.41. The summed E-state index contributed by atoms with van der Waals surface area (Å²) in [6.07, 6.45) is 5.07. The predicted octanol–water partition coefficient (Wildman–Crippen LogP) is 5.94. The predicted molar refractivity (Wildman–Crippen MR) is 132 cm³/mol. The molecule has 2 aromatic carbocycles. The number of piperidine rings is 1. The lowest BCUT2D eigenvalue weighted by molar-refractivity contribution is 0.0724. The highest BCUT2D eigenvalue weighted by Crippen LogP contribution is 2.25. The van der Waals surface area contributed by atoms with Crippen LogP contribution >= 0.6 is 23.2 Å². The third kappa shape index (κ3) is 4.68. The quantitative estimate of drug-likeness (QED) is 0.384. The van der Waals surface area contributed by atoms with Crippen molar-refractivity contribution in [2.45, 2.75) is 25.8 Å². The molecular formula is C25H23Cl2N5O. The van der Waals surface area contributed by atoms with Crippen LogP contribution in [0.4, 0.5) is 5.82 Å². The molecule has 3 heterocycles. The van der Waals surface area contributed by atoms with Crippen molar-refractivity contribution in [1.29, 1.82) is 0 Å². The minimum Gasteiger partial charge on any atom is -0.366 e. The number of nitrogens with one attached hydrogen (secondary N) is 1. The van der Waals surface area contributed by atoms with Gasteiger partial charge in [0.15, 0.2) is 5.65 Å². The summed E-state index contributed by atoms with van der Waals surface area (Å²) in [5.41, 5.74) is 4.10. The van der Waals surface area contributed by atoms with E-state index in [4.69, 9.17) is 28.2 Å². The second-order valence-electron chi connectivity index (χ2n) is 8.15. The average molecular weight is 480 g/mol. The van der Waals surface area contributed by atoms with E-state index in [2.05, 4.69) is 10.4 Å². The Balaban J connectivity index is 1.40. The van der Waals surface area contributed by atoms with E-state index >= 15 is 0 Å². The Hall–Kier alpha value is -3.09. The van der Waals surface area contributed by atoms with Crippen LogP contribution in [-0.4, -0.2) is 38.5 Å². The SMILES string of the molecule is O=C(c1ccc(-c2cc(NCc3ccc(Cl)cc3Cl)n3nccc3n2)cc1)N1CCCCC1. The van der Waals surface area contributed by atoms with Crippen molar-refractivity contribution in [3.63, 3.8) is 0 Å². The summed E-state index contributed by atoms with van der Waals surface area (Å²) < 4.78 is 1.75. The molecule has 6 nitrogen and oxygen atoms in total. The first-order valence-corrected chi connectivity index (χ1v) is 11.8. The molecule has 0 aliphatic carbocycles. The summed E-state index contributed by atoms with van der Waals surface area (Å²) in [7, 11) is 0. The number of nitrogens with zero attached hydrogens (tertiary/aromatic N) is 4. The number of carbonyl (C=O) groups excluding carboxylic acids is 1. The fourth-order valence-corrected chi connectivity index (χ4v) is 4.58. The van der Waals surface area contributed by atoms with Gasteiger partial charge in [-0.25, -0.2) is 4.98 Å². The Labute approximate surface area is 202 Å². The van der Waals surface area contributed by atoms with Crippen LogP contribution in [0.2, 0.25) is 10.0 Å². The highest BCUT2D eigenvalue weighted by molar-refractivity contribution is 6.35. The molecule has 1 aliphatic heterocycles. The summed E-state index contributed by atoms with van der Waals surface area (Å²) in [4.78, 5) is 19.5. The van der Waals surface area contributed by atoms with Crippen molar-refractivity contribution < 1.29 is 4.79 Å². The van der Waals surface area contributed by atoms with E-state index in [-0.39, 0.29) is 5.91 Å². The van der Waals surface area contributed by atoms with E-state index in [1.54, 1.807) is 16.8 Å². The van der Waals surface area contributed by atoms with Crippen molar-refractivity contribution in [2.75, 3.05) is 18.4 Å². The normalized spacial score (nSPS) is 13.9. The number of fused-ring (bicyclic) bond motifs is 1. The molecule has 0 atom stereocenters. The van der Waals surface area contributed by atoms with Gasteiger partial charge in [0.25, 0.3) is 5.91 Å². The molecule has 168 valence electrons. The highest BCUT2D eigenvalue weighted by atomic mass is 35.5. The summed E-state index contributed by atoms with van der Waals surface area (Å²) in [6.45, 7) is 2.19. The molecule has 8 heteroatoms. The fourth-order valence-electron chi connectivity index (χ4n) is 4.10. The number of amides is 1. The van der Waals surface area contributed by atoms with Gasteiger partial charge in [-0.2, -0.15) is 9.61 Å². The molecule has 1 aliphatic rings. The fraction of sp³-hybridized carbons (Fsp3) is 0.240. The van der Waals surface area contributed by atoms with E-state index in [0.717, 1.165) is 54.2 Å². The summed E-state index contributed by atoms with van der Waals surface area (Å²) in [6, 6.07) is 16.9. The maximum absolute atomic E-state index is 12.8. The molecule has 1 saturated heterocycles. The first kappa shape index (κ1) is 21.7. The van der Waals surface area contributed by atoms with E-state index in [9.17, 15) is 4.79 Å². The van der Waals surface area contributed by atoms with Crippen molar-refractivity contribution in [3.05, 3.63) is 82.0 Å². The molecule has 0 radical (unpaired) electrons. The summed E-state index contributed by atoms with van der Waals surface area (Å²) in [5, 5.41) is 8.99. The number of benzene rings is 2. The molecule has 33 heavy (non-hydrogen) atoms. The number of halogens is 2. The maximum atomic E-state index is 12.8. The Morgan fingerprint density at radius 1 is 0.970 bits per heavy atom. The standard InChI is InChI=1S/C25H23Cl2N5O/c26-20-9-8-19(21(27)14-20)16-28-24-15-22(30-23-10-11-29-32(23)24)17-4-6-18(7-5-17)25(33)31-12-2-1-3-13-31/h4-11,14-15,28H,1-3,12-13,16H2. The van der Waals surface area contributed by atoms with E-state index < -0.39 is 0 Å². The number of anilines is 1. The van der Waals surface area contributed by atoms with Gasteiger partial charge in [-0.15, -0.1) is 0 Å². The lowest BCUT2D eigenvalue weighted by Crippen LogP contribution is -2.35. The molecule has 0 unspecified atom stereocenters. The van der Waals surface area contributed by atoms with Crippen molar-refractivity contribution in [3.8, 4) is 11.3 Å². The highest BCUT2D eigenvalue weighted by Gasteiger charge is 2.18. The minimum atomic E-state index is 0.0997. The van der Waals surface area contributed by atoms with Gasteiger partial charge in [0.05, 0.1) is 11.9 Å². The number of hydrogen-bond acceptors (Lipinski definition) is 4. The number of carbonyl (C=O) groups is 1.